The first-order chi connectivity index (χ1) is 9.86. The largest absolute Gasteiger partial charge is 0.506 e. The SMILES string of the molecule is CCS(=O)(=O)C1CSCCN1C(=O)c1ccc(N)c(O)c1. The summed E-state index contributed by atoms with van der Waals surface area (Å²) in [7, 11) is -3.34. The minimum atomic E-state index is -3.34. The lowest BCUT2D eigenvalue weighted by Crippen LogP contribution is -2.50. The lowest BCUT2D eigenvalue weighted by atomic mass is 10.1. The summed E-state index contributed by atoms with van der Waals surface area (Å²) in [5.41, 5.74) is 5.93. The number of sulfone groups is 1. The maximum atomic E-state index is 12.5. The van der Waals surface area contributed by atoms with Crippen LogP contribution in [0.15, 0.2) is 18.2 Å². The molecule has 8 heteroatoms. The monoisotopic (exact) mass is 330 g/mol. The van der Waals surface area contributed by atoms with Gasteiger partial charge < -0.3 is 15.7 Å². The molecule has 0 aromatic heterocycles. The Balaban J connectivity index is 2.33. The number of rotatable bonds is 3. The van der Waals surface area contributed by atoms with Gasteiger partial charge in [-0.15, -0.1) is 0 Å². The van der Waals surface area contributed by atoms with E-state index in [9.17, 15) is 18.3 Å². The summed E-state index contributed by atoms with van der Waals surface area (Å²) in [6.07, 6.45) is 0. The molecule has 1 unspecified atom stereocenters. The number of phenolic OH excluding ortho intramolecular Hbond substituents is 1. The summed E-state index contributed by atoms with van der Waals surface area (Å²) < 4.78 is 24.3. The Kier molecular flexibility index (Phi) is 4.67. The number of phenols is 1. The highest BCUT2D eigenvalue weighted by molar-refractivity contribution is 8.01. The van der Waals surface area contributed by atoms with Crippen LogP contribution in [-0.4, -0.2) is 53.5 Å². The van der Waals surface area contributed by atoms with Crippen molar-refractivity contribution in [3.63, 3.8) is 0 Å². The number of hydrogen-bond acceptors (Lipinski definition) is 6. The number of amides is 1. The number of carbonyl (C=O) groups excluding carboxylic acids is 1. The fraction of sp³-hybridized carbons (Fsp3) is 0.462. The predicted molar refractivity (Wildman–Crippen MR) is 84.1 cm³/mol. The third kappa shape index (κ3) is 3.26. The van der Waals surface area contributed by atoms with Crippen molar-refractivity contribution in [2.45, 2.75) is 12.3 Å². The molecule has 0 bridgehead atoms. The molecule has 1 amide bonds. The van der Waals surface area contributed by atoms with E-state index in [1.165, 1.54) is 34.9 Å². The third-order valence-electron chi connectivity index (χ3n) is 3.44. The minimum Gasteiger partial charge on any atom is -0.506 e. The molecule has 0 spiro atoms. The molecule has 0 radical (unpaired) electrons. The molecule has 1 atom stereocenters. The number of anilines is 1. The van der Waals surface area contributed by atoms with Gasteiger partial charge >= 0.3 is 0 Å². The molecule has 3 N–H and O–H groups in total. The Morgan fingerprint density at radius 2 is 2.24 bits per heavy atom. The summed E-state index contributed by atoms with van der Waals surface area (Å²) in [4.78, 5) is 13.9. The molecule has 1 aromatic rings. The fourth-order valence-electron chi connectivity index (χ4n) is 2.15. The average Bonchev–Trinajstić information content (AvgIpc) is 2.49. The molecular formula is C13H18N2O4S2. The Bertz CT molecular complexity index is 646. The third-order valence-corrected chi connectivity index (χ3v) is 6.73. The van der Waals surface area contributed by atoms with Crippen molar-refractivity contribution in [1.82, 2.24) is 4.90 Å². The fourth-order valence-corrected chi connectivity index (χ4v) is 5.11. The standard InChI is InChI=1S/C13H18N2O4S2/c1-2-21(18,19)12-8-20-6-5-15(12)13(17)9-3-4-10(14)11(16)7-9/h3-4,7,12,16H,2,5-6,8,14H2,1H3. The molecule has 6 nitrogen and oxygen atoms in total. The molecule has 1 aliphatic heterocycles. The Labute approximate surface area is 128 Å². The van der Waals surface area contributed by atoms with Crippen molar-refractivity contribution in [3.8, 4) is 5.75 Å². The van der Waals surface area contributed by atoms with E-state index in [4.69, 9.17) is 5.73 Å². The van der Waals surface area contributed by atoms with Crippen LogP contribution in [0.3, 0.4) is 0 Å². The molecule has 0 saturated carbocycles. The quantitative estimate of drug-likeness (QED) is 0.631. The zero-order chi connectivity index (χ0) is 15.6. The number of hydrogen-bond donors (Lipinski definition) is 2. The van der Waals surface area contributed by atoms with Gasteiger partial charge in [0.05, 0.1) is 5.69 Å². The van der Waals surface area contributed by atoms with E-state index >= 15 is 0 Å². The topological polar surface area (TPSA) is 101 Å². The lowest BCUT2D eigenvalue weighted by molar-refractivity contribution is 0.0749. The van der Waals surface area contributed by atoms with Gasteiger partial charge in [0.1, 0.15) is 11.1 Å². The number of nitrogen functional groups attached to an aromatic ring is 1. The molecule has 1 aliphatic rings. The Morgan fingerprint density at radius 1 is 1.52 bits per heavy atom. The van der Waals surface area contributed by atoms with E-state index < -0.39 is 21.1 Å². The molecule has 2 rings (SSSR count). The number of benzene rings is 1. The van der Waals surface area contributed by atoms with Crippen LogP contribution in [0.5, 0.6) is 5.75 Å². The first-order valence-electron chi connectivity index (χ1n) is 6.55. The smallest absolute Gasteiger partial charge is 0.255 e. The molecule has 1 heterocycles. The zero-order valence-electron chi connectivity index (χ0n) is 11.7. The van der Waals surface area contributed by atoms with Gasteiger partial charge in [0.25, 0.3) is 5.91 Å². The van der Waals surface area contributed by atoms with Gasteiger partial charge in [-0.1, -0.05) is 6.92 Å². The van der Waals surface area contributed by atoms with Gasteiger partial charge in [0, 0.05) is 29.4 Å². The van der Waals surface area contributed by atoms with Crippen molar-refractivity contribution in [3.05, 3.63) is 23.8 Å². The summed E-state index contributed by atoms with van der Waals surface area (Å²) in [6.45, 7) is 1.95. The van der Waals surface area contributed by atoms with E-state index in [2.05, 4.69) is 0 Å². The maximum Gasteiger partial charge on any atom is 0.255 e. The van der Waals surface area contributed by atoms with E-state index in [1.807, 2.05) is 0 Å². The minimum absolute atomic E-state index is 0.00497. The highest BCUT2D eigenvalue weighted by atomic mass is 32.2. The van der Waals surface area contributed by atoms with Crippen molar-refractivity contribution >= 4 is 33.2 Å². The van der Waals surface area contributed by atoms with Crippen LogP contribution in [0.2, 0.25) is 0 Å². The first-order valence-corrected chi connectivity index (χ1v) is 9.42. The second kappa shape index (κ2) is 6.15. The summed E-state index contributed by atoms with van der Waals surface area (Å²) in [5, 5.41) is 8.79. The van der Waals surface area contributed by atoms with Crippen LogP contribution in [0.1, 0.15) is 17.3 Å². The molecule has 116 valence electrons. The van der Waals surface area contributed by atoms with Crippen LogP contribution in [0.25, 0.3) is 0 Å². The summed E-state index contributed by atoms with van der Waals surface area (Å²) >= 11 is 1.52. The molecule has 1 fully saturated rings. The molecule has 21 heavy (non-hydrogen) atoms. The number of thioether (sulfide) groups is 1. The van der Waals surface area contributed by atoms with Crippen LogP contribution >= 0.6 is 11.8 Å². The van der Waals surface area contributed by atoms with E-state index in [1.54, 1.807) is 6.92 Å². The van der Waals surface area contributed by atoms with Crippen LogP contribution < -0.4 is 5.73 Å². The number of nitrogens with zero attached hydrogens (tertiary/aromatic N) is 1. The van der Waals surface area contributed by atoms with Crippen molar-refractivity contribution in [2.24, 2.45) is 0 Å². The van der Waals surface area contributed by atoms with E-state index in [-0.39, 0.29) is 22.8 Å². The molecule has 0 aliphatic carbocycles. The molecule has 1 aromatic carbocycles. The van der Waals surface area contributed by atoms with E-state index in [0.717, 1.165) is 0 Å². The van der Waals surface area contributed by atoms with Gasteiger partial charge in [-0.25, -0.2) is 8.42 Å². The number of nitrogens with two attached hydrogens (primary N) is 1. The molecular weight excluding hydrogens is 312 g/mol. The van der Waals surface area contributed by atoms with Gasteiger partial charge in [-0.2, -0.15) is 11.8 Å². The average molecular weight is 330 g/mol. The second-order valence-corrected chi connectivity index (χ2v) is 8.35. The van der Waals surface area contributed by atoms with Gasteiger partial charge in [0.15, 0.2) is 9.84 Å². The normalized spacial score (nSPS) is 19.5. The van der Waals surface area contributed by atoms with Gasteiger partial charge in [0.2, 0.25) is 0 Å². The molecule has 1 saturated heterocycles. The predicted octanol–water partition coefficient (Wildman–Crippen LogP) is 0.924. The van der Waals surface area contributed by atoms with Crippen LogP contribution in [-0.2, 0) is 9.84 Å². The lowest BCUT2D eigenvalue weighted by Gasteiger charge is -2.34. The number of carbonyl (C=O) groups is 1. The summed E-state index contributed by atoms with van der Waals surface area (Å²) in [6, 6.07) is 4.20. The van der Waals surface area contributed by atoms with Crippen molar-refractivity contribution in [2.75, 3.05) is 29.5 Å². The first kappa shape index (κ1) is 16.0. The van der Waals surface area contributed by atoms with Gasteiger partial charge in [-0.05, 0) is 18.2 Å². The van der Waals surface area contributed by atoms with Crippen molar-refractivity contribution in [1.29, 1.82) is 0 Å². The van der Waals surface area contributed by atoms with Gasteiger partial charge in [-0.3, -0.25) is 4.79 Å². The second-order valence-electron chi connectivity index (χ2n) is 4.75. The van der Waals surface area contributed by atoms with E-state index in [0.29, 0.717) is 18.1 Å². The Morgan fingerprint density at radius 3 is 2.86 bits per heavy atom. The number of aromatic hydroxyl groups is 1. The van der Waals surface area contributed by atoms with Crippen LogP contribution in [0.4, 0.5) is 5.69 Å². The van der Waals surface area contributed by atoms with Crippen molar-refractivity contribution < 1.29 is 18.3 Å². The zero-order valence-corrected chi connectivity index (χ0v) is 13.3. The summed E-state index contributed by atoms with van der Waals surface area (Å²) in [5.74, 6) is 0.495. The highest BCUT2D eigenvalue weighted by Crippen LogP contribution is 2.26. The maximum absolute atomic E-state index is 12.5. The Hall–Kier alpha value is -1.41. The highest BCUT2D eigenvalue weighted by Gasteiger charge is 2.36. The van der Waals surface area contributed by atoms with Crippen LogP contribution in [0, 0.1) is 0 Å².